The minimum absolute atomic E-state index is 0.231. The number of piperazine rings is 1. The van der Waals surface area contributed by atoms with E-state index in [4.69, 9.17) is 0 Å². The summed E-state index contributed by atoms with van der Waals surface area (Å²) < 4.78 is 28.1. The summed E-state index contributed by atoms with van der Waals surface area (Å²) in [6, 6.07) is 5.22. The molecule has 4 rings (SSSR count). The van der Waals surface area contributed by atoms with Gasteiger partial charge in [-0.15, -0.1) is 0 Å². The van der Waals surface area contributed by atoms with Crippen LogP contribution in [-0.2, 0) is 4.79 Å². The number of para-hydroxylation sites is 1. The molecule has 1 amide bonds. The maximum Gasteiger partial charge on any atom is 0.244 e. The molecule has 8 heteroatoms. The smallest absolute Gasteiger partial charge is 0.244 e. The van der Waals surface area contributed by atoms with E-state index in [2.05, 4.69) is 19.8 Å². The maximum absolute atomic E-state index is 14.1. The van der Waals surface area contributed by atoms with Gasteiger partial charge in [-0.1, -0.05) is 6.07 Å². The first-order valence-electron chi connectivity index (χ1n) is 9.08. The minimum atomic E-state index is -0.701. The fraction of sp³-hybridized carbons (Fsp3) is 0.421. The maximum atomic E-state index is 14.1. The van der Waals surface area contributed by atoms with Gasteiger partial charge in [-0.2, -0.15) is 0 Å². The third-order valence-electron chi connectivity index (χ3n) is 5.23. The Morgan fingerprint density at radius 1 is 1.04 bits per heavy atom. The van der Waals surface area contributed by atoms with Gasteiger partial charge in [-0.3, -0.25) is 9.69 Å². The summed E-state index contributed by atoms with van der Waals surface area (Å²) in [6.45, 7) is 5.07. The number of amides is 1. The number of nitrogens with zero attached hydrogens (tertiary/aromatic N) is 5. The van der Waals surface area contributed by atoms with Gasteiger partial charge in [-0.25, -0.2) is 18.7 Å². The van der Waals surface area contributed by atoms with E-state index in [0.29, 0.717) is 26.1 Å². The molecule has 6 nitrogen and oxygen atoms in total. The van der Waals surface area contributed by atoms with E-state index in [0.717, 1.165) is 24.7 Å². The lowest BCUT2D eigenvalue weighted by Crippen LogP contribution is -2.53. The number of halogens is 2. The number of carbonyl (C=O) groups is 1. The van der Waals surface area contributed by atoms with Crippen LogP contribution in [0.2, 0.25) is 0 Å². The second kappa shape index (κ2) is 7.19. The van der Waals surface area contributed by atoms with E-state index in [1.165, 1.54) is 23.1 Å². The molecule has 27 heavy (non-hydrogen) atoms. The van der Waals surface area contributed by atoms with Gasteiger partial charge >= 0.3 is 0 Å². The van der Waals surface area contributed by atoms with Crippen molar-refractivity contribution in [1.29, 1.82) is 0 Å². The van der Waals surface area contributed by atoms with Crippen molar-refractivity contribution in [2.75, 3.05) is 42.5 Å². The molecule has 1 aromatic carbocycles. The highest BCUT2D eigenvalue weighted by atomic mass is 19.1. The van der Waals surface area contributed by atoms with Crippen LogP contribution in [-0.4, -0.2) is 59.5 Å². The molecule has 1 aromatic heterocycles. The number of rotatable bonds is 3. The monoisotopic (exact) mass is 373 g/mol. The first kappa shape index (κ1) is 17.8. The van der Waals surface area contributed by atoms with E-state index >= 15 is 0 Å². The Balaban J connectivity index is 1.43. The number of carbonyl (C=O) groups excluding carboxylic acids is 1. The molecule has 2 aromatic rings. The molecular weight excluding hydrogens is 352 g/mol. The van der Waals surface area contributed by atoms with Crippen molar-refractivity contribution in [3.8, 4) is 0 Å². The summed E-state index contributed by atoms with van der Waals surface area (Å²) in [4.78, 5) is 26.9. The second-order valence-electron chi connectivity index (χ2n) is 6.85. The van der Waals surface area contributed by atoms with Crippen molar-refractivity contribution in [2.45, 2.75) is 19.4 Å². The molecular formula is C19H21F2N5O. The lowest BCUT2D eigenvalue weighted by molar-refractivity contribution is -0.121. The van der Waals surface area contributed by atoms with Gasteiger partial charge in [0.1, 0.15) is 29.0 Å². The van der Waals surface area contributed by atoms with Gasteiger partial charge in [0.15, 0.2) is 0 Å². The van der Waals surface area contributed by atoms with Crippen molar-refractivity contribution in [2.24, 2.45) is 0 Å². The molecule has 2 saturated heterocycles. The predicted octanol–water partition coefficient (Wildman–Crippen LogP) is 1.99. The molecule has 0 bridgehead atoms. The van der Waals surface area contributed by atoms with Crippen LogP contribution in [0.4, 0.5) is 20.3 Å². The number of benzene rings is 1. The van der Waals surface area contributed by atoms with Crippen LogP contribution in [0.25, 0.3) is 0 Å². The highest BCUT2D eigenvalue weighted by molar-refractivity contribution is 5.99. The Morgan fingerprint density at radius 3 is 2.41 bits per heavy atom. The number of anilines is 2. The Kier molecular flexibility index (Phi) is 4.73. The zero-order chi connectivity index (χ0) is 19.0. The summed E-state index contributed by atoms with van der Waals surface area (Å²) in [6.07, 6.45) is 2.31. The van der Waals surface area contributed by atoms with E-state index in [-0.39, 0.29) is 17.6 Å². The zero-order valence-electron chi connectivity index (χ0n) is 15.1. The average molecular weight is 373 g/mol. The van der Waals surface area contributed by atoms with Crippen LogP contribution in [0.15, 0.2) is 30.5 Å². The number of hydrogen-bond acceptors (Lipinski definition) is 5. The molecule has 2 aliphatic rings. The first-order valence-corrected chi connectivity index (χ1v) is 9.08. The van der Waals surface area contributed by atoms with Gasteiger partial charge in [0, 0.05) is 38.9 Å². The molecule has 0 spiro atoms. The summed E-state index contributed by atoms with van der Waals surface area (Å²) in [5.41, 5.74) is -0.236. The molecule has 0 saturated carbocycles. The van der Waals surface area contributed by atoms with Crippen LogP contribution >= 0.6 is 0 Å². The summed E-state index contributed by atoms with van der Waals surface area (Å²) in [5, 5.41) is 0. The van der Waals surface area contributed by atoms with E-state index in [1.807, 2.05) is 13.0 Å². The first-order chi connectivity index (χ1) is 13.0. The van der Waals surface area contributed by atoms with Gasteiger partial charge < -0.3 is 9.80 Å². The zero-order valence-corrected chi connectivity index (χ0v) is 15.1. The average Bonchev–Trinajstić information content (AvgIpc) is 3.03. The van der Waals surface area contributed by atoms with Crippen LogP contribution in [0, 0.1) is 18.6 Å². The van der Waals surface area contributed by atoms with Crippen LogP contribution in [0.5, 0.6) is 0 Å². The van der Waals surface area contributed by atoms with E-state index in [9.17, 15) is 13.6 Å². The molecule has 3 heterocycles. The summed E-state index contributed by atoms with van der Waals surface area (Å²) >= 11 is 0. The molecule has 0 aliphatic carbocycles. The summed E-state index contributed by atoms with van der Waals surface area (Å²) in [5.74, 6) is -0.0235. The normalized spacial score (nSPS) is 21.1. The Morgan fingerprint density at radius 2 is 1.74 bits per heavy atom. The van der Waals surface area contributed by atoms with Crippen LogP contribution in [0.1, 0.15) is 12.2 Å². The van der Waals surface area contributed by atoms with Crippen molar-refractivity contribution >= 4 is 17.4 Å². The van der Waals surface area contributed by atoms with Crippen molar-refractivity contribution < 1.29 is 13.6 Å². The van der Waals surface area contributed by atoms with E-state index < -0.39 is 11.6 Å². The lowest BCUT2D eigenvalue weighted by Gasteiger charge is -2.37. The predicted molar refractivity (Wildman–Crippen MR) is 97.7 cm³/mol. The third-order valence-corrected chi connectivity index (χ3v) is 5.23. The third kappa shape index (κ3) is 3.37. The largest absolute Gasteiger partial charge is 0.354 e. The lowest BCUT2D eigenvalue weighted by atomic mass is 10.2. The highest BCUT2D eigenvalue weighted by Gasteiger charge is 2.39. The topological polar surface area (TPSA) is 52.6 Å². The second-order valence-corrected chi connectivity index (χ2v) is 6.85. The van der Waals surface area contributed by atoms with Crippen molar-refractivity contribution in [3.63, 3.8) is 0 Å². The fourth-order valence-corrected chi connectivity index (χ4v) is 3.86. The molecule has 1 atom stereocenters. The van der Waals surface area contributed by atoms with Crippen molar-refractivity contribution in [3.05, 3.63) is 47.9 Å². The van der Waals surface area contributed by atoms with E-state index in [1.54, 1.807) is 6.20 Å². The Labute approximate surface area is 156 Å². The standard InChI is InChI=1S/C19H21F2N5O/c1-13-22-7-5-17(23-13)25-11-9-24(10-12-25)16-6-8-26(19(16)27)18-14(20)3-2-4-15(18)21/h2-5,7,16H,6,8-12H2,1H3. The molecule has 2 aliphatic heterocycles. The number of aromatic nitrogens is 2. The van der Waals surface area contributed by atoms with Gasteiger partial charge in [0.2, 0.25) is 5.91 Å². The van der Waals surface area contributed by atoms with Crippen molar-refractivity contribution in [1.82, 2.24) is 14.9 Å². The molecule has 2 fully saturated rings. The fourth-order valence-electron chi connectivity index (χ4n) is 3.86. The Bertz CT molecular complexity index is 833. The number of hydrogen-bond donors (Lipinski definition) is 0. The van der Waals surface area contributed by atoms with Gasteiger partial charge in [-0.05, 0) is 31.5 Å². The molecule has 1 unspecified atom stereocenters. The Hall–Kier alpha value is -2.61. The molecule has 142 valence electrons. The van der Waals surface area contributed by atoms with Crippen LogP contribution in [0.3, 0.4) is 0 Å². The van der Waals surface area contributed by atoms with Crippen LogP contribution < -0.4 is 9.80 Å². The SMILES string of the molecule is Cc1nccc(N2CCN(C3CCN(c4c(F)cccc4F)C3=O)CC2)n1. The van der Waals surface area contributed by atoms with Gasteiger partial charge in [0.05, 0.1) is 6.04 Å². The summed E-state index contributed by atoms with van der Waals surface area (Å²) in [7, 11) is 0. The highest BCUT2D eigenvalue weighted by Crippen LogP contribution is 2.29. The van der Waals surface area contributed by atoms with Gasteiger partial charge in [0.25, 0.3) is 0 Å². The molecule has 0 radical (unpaired) electrons. The molecule has 0 N–H and O–H groups in total. The number of aryl methyl sites for hydroxylation is 1. The minimum Gasteiger partial charge on any atom is -0.354 e. The quantitative estimate of drug-likeness (QED) is 0.824.